The number of carbonyl (C=O) groups excluding carboxylic acids is 1. The Morgan fingerprint density at radius 3 is 2.30 bits per heavy atom. The third kappa shape index (κ3) is 3.75. The molecule has 6 nitrogen and oxygen atoms in total. The summed E-state index contributed by atoms with van der Waals surface area (Å²) in [6, 6.07) is 24.0. The van der Waals surface area contributed by atoms with E-state index in [4.69, 9.17) is 0 Å². The van der Waals surface area contributed by atoms with Gasteiger partial charge in [0, 0.05) is 24.2 Å². The number of hydrogen-bond donors (Lipinski definition) is 1. The molecule has 0 unspecified atom stereocenters. The molecule has 0 radical (unpaired) electrons. The van der Waals surface area contributed by atoms with Gasteiger partial charge in [-0.3, -0.25) is 14.1 Å². The number of amides is 1. The van der Waals surface area contributed by atoms with E-state index in [1.807, 2.05) is 30.3 Å². The summed E-state index contributed by atoms with van der Waals surface area (Å²) in [5.41, 5.74) is 2.20. The van der Waals surface area contributed by atoms with Gasteiger partial charge in [-0.2, -0.15) is 0 Å². The molecule has 1 aromatic heterocycles. The molecule has 0 saturated heterocycles. The van der Waals surface area contributed by atoms with Crippen LogP contribution >= 0.6 is 0 Å². The number of fused-ring (bicyclic) bond motifs is 1. The summed E-state index contributed by atoms with van der Waals surface area (Å²) in [4.78, 5) is 17.1. The molecule has 4 rings (SSSR count). The fourth-order valence-electron chi connectivity index (χ4n) is 3.11. The minimum Gasteiger partial charge on any atom is -0.320 e. The van der Waals surface area contributed by atoms with E-state index in [1.165, 1.54) is 35.6 Å². The van der Waals surface area contributed by atoms with Crippen molar-refractivity contribution in [3.63, 3.8) is 0 Å². The molecule has 0 bridgehead atoms. The molecule has 0 aliphatic carbocycles. The highest BCUT2D eigenvalue weighted by Gasteiger charge is 2.21. The number of nitrogens with zero attached hydrogens (tertiary/aromatic N) is 2. The van der Waals surface area contributed by atoms with Crippen molar-refractivity contribution < 1.29 is 13.2 Å². The minimum absolute atomic E-state index is 0.109. The van der Waals surface area contributed by atoms with Gasteiger partial charge in [0.25, 0.3) is 15.9 Å². The maximum Gasteiger partial charge on any atom is 0.264 e. The lowest BCUT2D eigenvalue weighted by Crippen LogP contribution is -2.26. The summed E-state index contributed by atoms with van der Waals surface area (Å²) in [6.45, 7) is 0. The number of rotatable bonds is 5. The van der Waals surface area contributed by atoms with Gasteiger partial charge in [0.2, 0.25) is 0 Å². The highest BCUT2D eigenvalue weighted by molar-refractivity contribution is 7.92. The smallest absolute Gasteiger partial charge is 0.264 e. The Morgan fingerprint density at radius 1 is 0.867 bits per heavy atom. The van der Waals surface area contributed by atoms with Gasteiger partial charge in [0.15, 0.2) is 0 Å². The van der Waals surface area contributed by atoms with E-state index in [0.29, 0.717) is 22.5 Å². The SMILES string of the molecule is CN(c1ccccc1)S(=O)(=O)c1ccc(C(=O)Nc2cccc3cccnc23)cc1. The number of anilines is 2. The summed E-state index contributed by atoms with van der Waals surface area (Å²) >= 11 is 0. The Balaban J connectivity index is 1.56. The molecule has 0 saturated carbocycles. The average molecular weight is 417 g/mol. The molecule has 30 heavy (non-hydrogen) atoms. The zero-order valence-electron chi connectivity index (χ0n) is 16.2. The summed E-state index contributed by atoms with van der Waals surface area (Å²) in [5, 5.41) is 3.76. The molecule has 0 aliphatic rings. The molecule has 4 aromatic rings. The van der Waals surface area contributed by atoms with Crippen LogP contribution in [0.1, 0.15) is 10.4 Å². The van der Waals surface area contributed by atoms with Gasteiger partial charge >= 0.3 is 0 Å². The monoisotopic (exact) mass is 417 g/mol. The van der Waals surface area contributed by atoms with E-state index in [2.05, 4.69) is 10.3 Å². The zero-order valence-corrected chi connectivity index (χ0v) is 17.0. The highest BCUT2D eigenvalue weighted by atomic mass is 32.2. The van der Waals surface area contributed by atoms with E-state index >= 15 is 0 Å². The molecule has 0 aliphatic heterocycles. The Labute approximate surface area is 174 Å². The Bertz CT molecular complexity index is 1300. The number of carbonyl (C=O) groups is 1. The van der Waals surface area contributed by atoms with Crippen LogP contribution in [0.15, 0.2) is 96.0 Å². The first kappa shape index (κ1) is 19.6. The van der Waals surface area contributed by atoms with Crippen LogP contribution in [-0.4, -0.2) is 26.4 Å². The van der Waals surface area contributed by atoms with Gasteiger partial charge in [-0.25, -0.2) is 8.42 Å². The van der Waals surface area contributed by atoms with Gasteiger partial charge < -0.3 is 5.32 Å². The molecular weight excluding hydrogens is 398 g/mol. The lowest BCUT2D eigenvalue weighted by molar-refractivity contribution is 0.102. The number of sulfonamides is 1. The first-order valence-corrected chi connectivity index (χ1v) is 10.7. The van der Waals surface area contributed by atoms with E-state index in [1.54, 1.807) is 36.5 Å². The summed E-state index contributed by atoms with van der Waals surface area (Å²) in [7, 11) is -2.23. The van der Waals surface area contributed by atoms with Crippen molar-refractivity contribution in [1.82, 2.24) is 4.98 Å². The first-order chi connectivity index (χ1) is 14.5. The van der Waals surface area contributed by atoms with E-state index in [9.17, 15) is 13.2 Å². The second-order valence-corrected chi connectivity index (χ2v) is 8.64. The van der Waals surface area contributed by atoms with E-state index in [0.717, 1.165) is 5.39 Å². The molecule has 7 heteroatoms. The van der Waals surface area contributed by atoms with Crippen molar-refractivity contribution in [2.75, 3.05) is 16.7 Å². The number of hydrogen-bond acceptors (Lipinski definition) is 4. The maximum absolute atomic E-state index is 12.9. The number of aromatic nitrogens is 1. The lowest BCUT2D eigenvalue weighted by Gasteiger charge is -2.19. The number of nitrogens with one attached hydrogen (secondary N) is 1. The lowest BCUT2D eigenvalue weighted by atomic mass is 10.1. The number of benzene rings is 3. The molecule has 150 valence electrons. The van der Waals surface area contributed by atoms with Gasteiger partial charge in [-0.05, 0) is 48.5 Å². The molecule has 3 aromatic carbocycles. The fourth-order valence-corrected chi connectivity index (χ4v) is 4.31. The predicted molar refractivity (Wildman–Crippen MR) is 118 cm³/mol. The summed E-state index contributed by atoms with van der Waals surface area (Å²) in [6.07, 6.45) is 1.67. The van der Waals surface area contributed by atoms with Crippen LogP contribution in [0.3, 0.4) is 0 Å². The van der Waals surface area contributed by atoms with Crippen LogP contribution in [0, 0.1) is 0 Å². The summed E-state index contributed by atoms with van der Waals surface area (Å²) < 4.78 is 26.9. The van der Waals surface area contributed by atoms with Gasteiger partial charge in [0.05, 0.1) is 21.8 Å². The van der Waals surface area contributed by atoms with Crippen LogP contribution in [-0.2, 0) is 10.0 Å². The molecule has 0 spiro atoms. The Morgan fingerprint density at radius 2 is 1.57 bits per heavy atom. The molecule has 1 N–H and O–H groups in total. The number of pyridine rings is 1. The number of para-hydroxylation sites is 2. The quantitative estimate of drug-likeness (QED) is 0.525. The second-order valence-electron chi connectivity index (χ2n) is 6.67. The Hall–Kier alpha value is -3.71. The van der Waals surface area contributed by atoms with E-state index < -0.39 is 10.0 Å². The highest BCUT2D eigenvalue weighted by Crippen LogP contribution is 2.23. The third-order valence-electron chi connectivity index (χ3n) is 4.78. The van der Waals surface area contributed by atoms with Crippen LogP contribution in [0.2, 0.25) is 0 Å². The van der Waals surface area contributed by atoms with Crippen molar-refractivity contribution in [2.45, 2.75) is 4.90 Å². The second kappa shape index (κ2) is 7.96. The van der Waals surface area contributed by atoms with Crippen molar-refractivity contribution in [1.29, 1.82) is 0 Å². The standard InChI is InChI=1S/C23H19N3O3S/c1-26(19-9-3-2-4-10-19)30(28,29)20-14-12-18(13-15-20)23(27)25-21-11-5-7-17-8-6-16-24-22(17)21/h2-16H,1H3,(H,25,27). The van der Waals surface area contributed by atoms with Crippen molar-refractivity contribution in [3.05, 3.63) is 96.7 Å². The van der Waals surface area contributed by atoms with Crippen LogP contribution in [0.5, 0.6) is 0 Å². The average Bonchev–Trinajstić information content (AvgIpc) is 2.79. The molecule has 1 heterocycles. The molecular formula is C23H19N3O3S. The van der Waals surface area contributed by atoms with Crippen LogP contribution < -0.4 is 9.62 Å². The minimum atomic E-state index is -3.73. The van der Waals surface area contributed by atoms with Crippen molar-refractivity contribution in [2.24, 2.45) is 0 Å². The Kier molecular flexibility index (Phi) is 5.20. The maximum atomic E-state index is 12.9. The van der Waals surface area contributed by atoms with Crippen molar-refractivity contribution in [3.8, 4) is 0 Å². The normalized spacial score (nSPS) is 11.2. The topological polar surface area (TPSA) is 79.4 Å². The molecule has 0 fully saturated rings. The van der Waals surface area contributed by atoms with Crippen LogP contribution in [0.25, 0.3) is 10.9 Å². The third-order valence-corrected chi connectivity index (χ3v) is 6.58. The largest absolute Gasteiger partial charge is 0.320 e. The first-order valence-electron chi connectivity index (χ1n) is 9.26. The predicted octanol–water partition coefficient (Wildman–Crippen LogP) is 4.31. The molecule has 1 amide bonds. The van der Waals surface area contributed by atoms with Crippen molar-refractivity contribution >= 4 is 38.2 Å². The van der Waals surface area contributed by atoms with Gasteiger partial charge in [0.1, 0.15) is 0 Å². The van der Waals surface area contributed by atoms with Gasteiger partial charge in [-0.15, -0.1) is 0 Å². The fraction of sp³-hybridized carbons (Fsp3) is 0.0435. The molecule has 0 atom stereocenters. The summed E-state index contributed by atoms with van der Waals surface area (Å²) in [5.74, 6) is -0.339. The van der Waals surface area contributed by atoms with Crippen LogP contribution in [0.4, 0.5) is 11.4 Å². The zero-order chi connectivity index (χ0) is 21.1. The van der Waals surface area contributed by atoms with Gasteiger partial charge in [-0.1, -0.05) is 36.4 Å². The van der Waals surface area contributed by atoms with E-state index in [-0.39, 0.29) is 10.8 Å².